The molecule has 8 heteroatoms. The molecule has 21 heavy (non-hydrogen) atoms. The van der Waals surface area contributed by atoms with E-state index in [-0.39, 0.29) is 35.8 Å². The molecule has 2 aliphatic heterocycles. The molecule has 0 aromatic carbocycles. The molecule has 0 spiro atoms. The zero-order chi connectivity index (χ0) is 15.7. The third kappa shape index (κ3) is 3.74. The molecule has 2 aliphatic rings. The highest BCUT2D eigenvalue weighted by Crippen LogP contribution is 2.30. The predicted octanol–water partition coefficient (Wildman–Crippen LogP) is -1.25. The quantitative estimate of drug-likeness (QED) is 0.678. The van der Waals surface area contributed by atoms with Crippen molar-refractivity contribution in [2.75, 3.05) is 38.2 Å². The Labute approximate surface area is 125 Å². The number of rotatable bonds is 3. The molecule has 2 amide bonds. The fourth-order valence-corrected chi connectivity index (χ4v) is 4.44. The largest absolute Gasteiger partial charge is 0.359 e. The lowest BCUT2D eigenvalue weighted by Crippen LogP contribution is -2.48. The van der Waals surface area contributed by atoms with Gasteiger partial charge in [0.05, 0.1) is 16.9 Å². The number of carbonyl (C=O) groups is 2. The molecule has 2 unspecified atom stereocenters. The van der Waals surface area contributed by atoms with Gasteiger partial charge in [-0.05, 0) is 13.3 Å². The van der Waals surface area contributed by atoms with E-state index in [2.05, 4.69) is 10.6 Å². The van der Waals surface area contributed by atoms with Crippen LogP contribution in [0.2, 0.25) is 0 Å². The van der Waals surface area contributed by atoms with Crippen LogP contribution in [-0.2, 0) is 19.4 Å². The van der Waals surface area contributed by atoms with Gasteiger partial charge in [-0.2, -0.15) is 0 Å². The highest BCUT2D eigenvalue weighted by molar-refractivity contribution is 7.91. The molecule has 2 saturated heterocycles. The first-order valence-corrected chi connectivity index (χ1v) is 9.02. The molecule has 0 aromatic rings. The molecule has 0 saturated carbocycles. The second-order valence-electron chi connectivity index (χ2n) is 6.17. The van der Waals surface area contributed by atoms with Crippen LogP contribution in [0.5, 0.6) is 0 Å². The number of sulfone groups is 1. The number of nitrogens with zero attached hydrogens (tertiary/aromatic N) is 1. The van der Waals surface area contributed by atoms with Crippen LogP contribution < -0.4 is 10.6 Å². The van der Waals surface area contributed by atoms with Crippen LogP contribution in [0.25, 0.3) is 0 Å². The molecule has 120 valence electrons. The van der Waals surface area contributed by atoms with E-state index in [4.69, 9.17) is 0 Å². The normalized spacial score (nSPS) is 31.9. The molecule has 2 fully saturated rings. The van der Waals surface area contributed by atoms with Gasteiger partial charge in [0.15, 0.2) is 9.84 Å². The molecule has 0 radical (unpaired) electrons. The number of amides is 2. The standard InChI is InChI=1S/C13H23N3O4S/c1-13(12(18)14-2)3-5-16(9-13)11(17)7-10-8-21(19,20)6-4-15-10/h10,15H,3-9H2,1-2H3,(H,14,18). The summed E-state index contributed by atoms with van der Waals surface area (Å²) in [6.45, 7) is 3.19. The van der Waals surface area contributed by atoms with Crippen molar-refractivity contribution in [3.8, 4) is 0 Å². The second kappa shape index (κ2) is 5.92. The van der Waals surface area contributed by atoms with Crippen LogP contribution in [0.3, 0.4) is 0 Å². The minimum Gasteiger partial charge on any atom is -0.359 e. The topological polar surface area (TPSA) is 95.6 Å². The van der Waals surface area contributed by atoms with Gasteiger partial charge in [0.1, 0.15) is 0 Å². The summed E-state index contributed by atoms with van der Waals surface area (Å²) in [6, 6.07) is -0.317. The van der Waals surface area contributed by atoms with E-state index < -0.39 is 15.3 Å². The maximum absolute atomic E-state index is 12.3. The van der Waals surface area contributed by atoms with Gasteiger partial charge in [0.25, 0.3) is 0 Å². The fourth-order valence-electron chi connectivity index (χ4n) is 3.00. The average Bonchev–Trinajstić information content (AvgIpc) is 2.80. The minimum atomic E-state index is -3.04. The highest BCUT2D eigenvalue weighted by atomic mass is 32.2. The van der Waals surface area contributed by atoms with E-state index in [0.717, 1.165) is 0 Å². The molecule has 0 aromatic heterocycles. The smallest absolute Gasteiger partial charge is 0.227 e. The van der Waals surface area contributed by atoms with E-state index in [1.807, 2.05) is 6.92 Å². The van der Waals surface area contributed by atoms with Crippen LogP contribution in [-0.4, -0.2) is 69.4 Å². The number of hydrogen-bond acceptors (Lipinski definition) is 5. The summed E-state index contributed by atoms with van der Waals surface area (Å²) in [6.07, 6.45) is 0.803. The first-order chi connectivity index (χ1) is 9.76. The van der Waals surface area contributed by atoms with Crippen molar-refractivity contribution in [3.63, 3.8) is 0 Å². The Kier molecular flexibility index (Phi) is 4.57. The molecular formula is C13H23N3O4S. The van der Waals surface area contributed by atoms with Crippen molar-refractivity contribution >= 4 is 21.7 Å². The number of likely N-dealkylation sites (tertiary alicyclic amines) is 1. The lowest BCUT2D eigenvalue weighted by Gasteiger charge is -2.26. The summed E-state index contributed by atoms with van der Waals surface area (Å²) in [4.78, 5) is 25.8. The first-order valence-electron chi connectivity index (χ1n) is 7.19. The summed E-state index contributed by atoms with van der Waals surface area (Å²) in [5.41, 5.74) is -0.545. The van der Waals surface area contributed by atoms with Crippen LogP contribution in [0, 0.1) is 5.41 Å². The SMILES string of the molecule is CNC(=O)C1(C)CCN(C(=O)CC2CS(=O)(=O)CCN2)C1. The summed E-state index contributed by atoms with van der Waals surface area (Å²) in [5.74, 6) is 0.00325. The third-order valence-corrected chi connectivity index (χ3v) is 6.06. The molecule has 0 bridgehead atoms. The minimum absolute atomic E-state index is 0.0132. The van der Waals surface area contributed by atoms with Gasteiger partial charge in [0, 0.05) is 39.1 Å². The third-order valence-electron chi connectivity index (χ3n) is 4.32. The van der Waals surface area contributed by atoms with Crippen LogP contribution in [0.4, 0.5) is 0 Å². The van der Waals surface area contributed by atoms with Crippen LogP contribution >= 0.6 is 0 Å². The van der Waals surface area contributed by atoms with Crippen molar-refractivity contribution in [2.45, 2.75) is 25.8 Å². The van der Waals surface area contributed by atoms with Gasteiger partial charge in [-0.15, -0.1) is 0 Å². The Balaban J connectivity index is 1.92. The van der Waals surface area contributed by atoms with Crippen molar-refractivity contribution in [1.29, 1.82) is 0 Å². The van der Waals surface area contributed by atoms with Gasteiger partial charge in [-0.1, -0.05) is 0 Å². The Morgan fingerprint density at radius 2 is 2.14 bits per heavy atom. The van der Waals surface area contributed by atoms with Gasteiger partial charge >= 0.3 is 0 Å². The van der Waals surface area contributed by atoms with Crippen LogP contribution in [0.15, 0.2) is 0 Å². The summed E-state index contributed by atoms with van der Waals surface area (Å²) in [5, 5.41) is 5.71. The maximum Gasteiger partial charge on any atom is 0.227 e. The van der Waals surface area contributed by atoms with Crippen LogP contribution in [0.1, 0.15) is 19.8 Å². The van der Waals surface area contributed by atoms with Gasteiger partial charge < -0.3 is 15.5 Å². The predicted molar refractivity (Wildman–Crippen MR) is 78.4 cm³/mol. The molecule has 7 nitrogen and oxygen atoms in total. The van der Waals surface area contributed by atoms with Gasteiger partial charge in [-0.25, -0.2) is 8.42 Å². The Hall–Kier alpha value is -1.15. The summed E-state index contributed by atoms with van der Waals surface area (Å²) < 4.78 is 23.2. The molecule has 2 heterocycles. The Morgan fingerprint density at radius 3 is 2.76 bits per heavy atom. The lowest BCUT2D eigenvalue weighted by molar-refractivity contribution is -0.132. The second-order valence-corrected chi connectivity index (χ2v) is 8.40. The highest BCUT2D eigenvalue weighted by Gasteiger charge is 2.41. The van der Waals surface area contributed by atoms with Gasteiger partial charge in [0.2, 0.25) is 11.8 Å². The van der Waals surface area contributed by atoms with E-state index in [1.54, 1.807) is 11.9 Å². The van der Waals surface area contributed by atoms with Crippen molar-refractivity contribution in [2.24, 2.45) is 5.41 Å². The Bertz CT molecular complexity index is 534. The van der Waals surface area contributed by atoms with Gasteiger partial charge in [-0.3, -0.25) is 9.59 Å². The average molecular weight is 317 g/mol. The molecule has 0 aliphatic carbocycles. The van der Waals surface area contributed by atoms with E-state index in [0.29, 0.717) is 26.1 Å². The lowest BCUT2D eigenvalue weighted by atomic mass is 9.89. The summed E-state index contributed by atoms with van der Waals surface area (Å²) in [7, 11) is -1.45. The number of nitrogens with one attached hydrogen (secondary N) is 2. The monoisotopic (exact) mass is 317 g/mol. The van der Waals surface area contributed by atoms with Crippen molar-refractivity contribution in [1.82, 2.24) is 15.5 Å². The first kappa shape index (κ1) is 16.2. The molecular weight excluding hydrogens is 294 g/mol. The fraction of sp³-hybridized carbons (Fsp3) is 0.846. The maximum atomic E-state index is 12.3. The van der Waals surface area contributed by atoms with E-state index in [1.165, 1.54) is 0 Å². The van der Waals surface area contributed by atoms with E-state index in [9.17, 15) is 18.0 Å². The Morgan fingerprint density at radius 1 is 1.43 bits per heavy atom. The van der Waals surface area contributed by atoms with Crippen molar-refractivity contribution in [3.05, 3.63) is 0 Å². The molecule has 2 N–H and O–H groups in total. The zero-order valence-corrected chi connectivity index (χ0v) is 13.3. The summed E-state index contributed by atoms with van der Waals surface area (Å²) >= 11 is 0. The molecule has 2 rings (SSSR count). The number of hydrogen-bond donors (Lipinski definition) is 2. The number of carbonyl (C=O) groups excluding carboxylic acids is 2. The molecule has 2 atom stereocenters. The van der Waals surface area contributed by atoms with E-state index >= 15 is 0 Å². The van der Waals surface area contributed by atoms with Crippen molar-refractivity contribution < 1.29 is 18.0 Å². The zero-order valence-electron chi connectivity index (χ0n) is 12.5.